The summed E-state index contributed by atoms with van der Waals surface area (Å²) < 4.78 is 64.8. The molecule has 1 aliphatic carbocycles. The number of halogens is 4. The number of hydrogen-bond donors (Lipinski definition) is 2. The van der Waals surface area contributed by atoms with Crippen LogP contribution < -0.4 is 10.1 Å². The Morgan fingerprint density at radius 1 is 1.20 bits per heavy atom. The molecule has 0 unspecified atom stereocenters. The summed E-state index contributed by atoms with van der Waals surface area (Å²) in [6.07, 6.45) is -1.52. The zero-order valence-electron chi connectivity index (χ0n) is 15.7. The Morgan fingerprint density at radius 3 is 2.80 bits per heavy atom. The first-order valence-electron chi connectivity index (χ1n) is 9.60. The first-order chi connectivity index (χ1) is 14.4. The van der Waals surface area contributed by atoms with Crippen molar-refractivity contribution in [3.63, 3.8) is 0 Å². The van der Waals surface area contributed by atoms with E-state index in [4.69, 9.17) is 9.47 Å². The number of fused-ring (bicyclic) bond motifs is 2. The fourth-order valence-corrected chi connectivity index (χ4v) is 3.57. The van der Waals surface area contributed by atoms with Gasteiger partial charge in [0.2, 0.25) is 0 Å². The molecule has 1 aromatic carbocycles. The highest BCUT2D eigenvalue weighted by molar-refractivity contribution is 5.88. The molecule has 0 amide bonds. The number of aromatic nitrogens is 3. The van der Waals surface area contributed by atoms with Crippen molar-refractivity contribution in [2.24, 2.45) is 5.92 Å². The Morgan fingerprint density at radius 2 is 2.03 bits per heavy atom. The largest absolute Gasteiger partial charge is 0.490 e. The van der Waals surface area contributed by atoms with Gasteiger partial charge in [0.05, 0.1) is 18.0 Å². The van der Waals surface area contributed by atoms with Gasteiger partial charge in [-0.1, -0.05) is 6.07 Å². The number of aromatic amines is 1. The molecule has 158 valence electrons. The summed E-state index contributed by atoms with van der Waals surface area (Å²) >= 11 is 0. The van der Waals surface area contributed by atoms with Crippen molar-refractivity contribution < 1.29 is 27.0 Å². The molecule has 3 heterocycles. The van der Waals surface area contributed by atoms with Gasteiger partial charge in [0.25, 0.3) is 0 Å². The van der Waals surface area contributed by atoms with E-state index >= 15 is 0 Å². The van der Waals surface area contributed by atoms with E-state index in [-0.39, 0.29) is 23.5 Å². The molecule has 0 saturated heterocycles. The summed E-state index contributed by atoms with van der Waals surface area (Å²) in [5, 5.41) is 3.40. The van der Waals surface area contributed by atoms with Crippen LogP contribution in [0.3, 0.4) is 0 Å². The van der Waals surface area contributed by atoms with Crippen LogP contribution in [0, 0.1) is 11.7 Å². The van der Waals surface area contributed by atoms with Crippen molar-refractivity contribution >= 4 is 16.9 Å². The number of anilines is 1. The molecule has 5 rings (SSSR count). The van der Waals surface area contributed by atoms with Crippen LogP contribution in [0.5, 0.6) is 5.75 Å². The standard InChI is InChI=1S/C20H18F4N4O2/c21-11-3-4-12-14(5-11)30-8-15(29-7-10-1-2-10)17(12)28-19-13-6-16(20(22,23)24)27-18(13)25-9-26-19/h3-6,9-10,15,17H,1-2,7-8H2,(H2,25,26,27,28)/t15-,17-/m0/s1. The Balaban J connectivity index is 1.51. The summed E-state index contributed by atoms with van der Waals surface area (Å²) in [6.45, 7) is 0.764. The van der Waals surface area contributed by atoms with E-state index in [2.05, 4.69) is 20.3 Å². The second-order valence-electron chi connectivity index (χ2n) is 7.60. The summed E-state index contributed by atoms with van der Waals surface area (Å²) in [4.78, 5) is 10.3. The Hall–Kier alpha value is -2.88. The third kappa shape index (κ3) is 3.67. The topological polar surface area (TPSA) is 72.1 Å². The molecular weight excluding hydrogens is 404 g/mol. The molecule has 6 nitrogen and oxygen atoms in total. The van der Waals surface area contributed by atoms with E-state index in [0.717, 1.165) is 18.9 Å². The maximum Gasteiger partial charge on any atom is 0.431 e. The van der Waals surface area contributed by atoms with Crippen LogP contribution in [0.2, 0.25) is 0 Å². The summed E-state index contributed by atoms with van der Waals surface area (Å²) in [5.41, 5.74) is -0.180. The second-order valence-corrected chi connectivity index (χ2v) is 7.60. The molecule has 1 saturated carbocycles. The quantitative estimate of drug-likeness (QED) is 0.595. The van der Waals surface area contributed by atoms with Gasteiger partial charge in [-0.3, -0.25) is 0 Å². The van der Waals surface area contributed by atoms with Crippen LogP contribution in [0.1, 0.15) is 30.1 Å². The highest BCUT2D eigenvalue weighted by Crippen LogP contribution is 2.39. The zero-order chi connectivity index (χ0) is 20.9. The van der Waals surface area contributed by atoms with Gasteiger partial charge < -0.3 is 19.8 Å². The van der Waals surface area contributed by atoms with Gasteiger partial charge >= 0.3 is 6.18 Å². The molecule has 30 heavy (non-hydrogen) atoms. The van der Waals surface area contributed by atoms with Crippen molar-refractivity contribution in [2.45, 2.75) is 31.2 Å². The number of rotatable bonds is 5. The SMILES string of the molecule is Fc1ccc2c(c1)OC[C@H](OCC1CC1)[C@H]2Nc1ncnc2[nH]c(C(F)(F)F)cc12. The van der Waals surface area contributed by atoms with Crippen LogP contribution in [0.4, 0.5) is 23.4 Å². The zero-order valence-corrected chi connectivity index (χ0v) is 15.7. The number of alkyl halides is 3. The van der Waals surface area contributed by atoms with Gasteiger partial charge in [-0.25, -0.2) is 14.4 Å². The van der Waals surface area contributed by atoms with E-state index in [1.807, 2.05) is 0 Å². The molecule has 1 fully saturated rings. The van der Waals surface area contributed by atoms with Gasteiger partial charge in [0, 0.05) is 11.6 Å². The first kappa shape index (κ1) is 19.1. The molecular formula is C20H18F4N4O2. The van der Waals surface area contributed by atoms with Gasteiger partial charge in [-0.15, -0.1) is 0 Å². The van der Waals surface area contributed by atoms with Crippen LogP contribution in [0.25, 0.3) is 11.0 Å². The van der Waals surface area contributed by atoms with Crippen molar-refractivity contribution in [2.75, 3.05) is 18.5 Å². The van der Waals surface area contributed by atoms with E-state index in [0.29, 0.717) is 23.8 Å². The third-order valence-corrected chi connectivity index (χ3v) is 5.35. The summed E-state index contributed by atoms with van der Waals surface area (Å²) in [5.74, 6) is 0.683. The molecule has 10 heteroatoms. The van der Waals surface area contributed by atoms with Crippen LogP contribution >= 0.6 is 0 Å². The molecule has 2 aromatic heterocycles. The Bertz CT molecular complexity index is 1080. The average Bonchev–Trinajstić information content (AvgIpc) is 3.41. The van der Waals surface area contributed by atoms with E-state index < -0.39 is 29.8 Å². The molecule has 0 spiro atoms. The van der Waals surface area contributed by atoms with Crippen molar-refractivity contribution in [3.05, 3.63) is 47.7 Å². The van der Waals surface area contributed by atoms with Gasteiger partial charge in [0.1, 0.15) is 47.8 Å². The predicted octanol–water partition coefficient (Wildman–Crippen LogP) is 4.46. The average molecular weight is 422 g/mol. The molecule has 2 aliphatic rings. The summed E-state index contributed by atoms with van der Waals surface area (Å²) in [7, 11) is 0. The minimum absolute atomic E-state index is 0.0710. The fraction of sp³-hybridized carbons (Fsp3) is 0.400. The normalized spacial score (nSPS) is 21.3. The minimum atomic E-state index is -4.53. The second kappa shape index (κ2) is 7.12. The van der Waals surface area contributed by atoms with Crippen molar-refractivity contribution in [1.82, 2.24) is 15.0 Å². The summed E-state index contributed by atoms with van der Waals surface area (Å²) in [6, 6.07) is 4.69. The Kier molecular flexibility index (Phi) is 4.53. The number of benzene rings is 1. The molecule has 2 N–H and O–H groups in total. The maximum atomic E-state index is 13.7. The van der Waals surface area contributed by atoms with Crippen LogP contribution in [-0.2, 0) is 10.9 Å². The van der Waals surface area contributed by atoms with Crippen LogP contribution in [-0.4, -0.2) is 34.3 Å². The lowest BCUT2D eigenvalue weighted by Crippen LogP contribution is -2.38. The van der Waals surface area contributed by atoms with Crippen LogP contribution in [0.15, 0.2) is 30.6 Å². The maximum absolute atomic E-state index is 13.7. The van der Waals surface area contributed by atoms with E-state index in [9.17, 15) is 17.6 Å². The lowest BCUT2D eigenvalue weighted by molar-refractivity contribution is -0.140. The molecule has 3 aromatic rings. The highest BCUT2D eigenvalue weighted by atomic mass is 19.4. The Labute approximate surface area is 168 Å². The molecule has 0 bridgehead atoms. The number of nitrogens with one attached hydrogen (secondary N) is 2. The highest BCUT2D eigenvalue weighted by Gasteiger charge is 2.36. The van der Waals surface area contributed by atoms with Crippen molar-refractivity contribution in [1.29, 1.82) is 0 Å². The lowest BCUT2D eigenvalue weighted by Gasteiger charge is -2.34. The molecule has 2 atom stereocenters. The lowest BCUT2D eigenvalue weighted by atomic mass is 9.97. The minimum Gasteiger partial charge on any atom is -0.490 e. The monoisotopic (exact) mass is 422 g/mol. The van der Waals surface area contributed by atoms with Crippen molar-refractivity contribution in [3.8, 4) is 5.75 Å². The number of hydrogen-bond acceptors (Lipinski definition) is 5. The van der Waals surface area contributed by atoms with Gasteiger partial charge in [0.15, 0.2) is 0 Å². The molecule has 0 radical (unpaired) electrons. The smallest absolute Gasteiger partial charge is 0.431 e. The predicted molar refractivity (Wildman–Crippen MR) is 99.6 cm³/mol. The third-order valence-electron chi connectivity index (χ3n) is 5.35. The van der Waals surface area contributed by atoms with Gasteiger partial charge in [-0.2, -0.15) is 13.2 Å². The first-order valence-corrected chi connectivity index (χ1v) is 9.60. The van der Waals surface area contributed by atoms with E-state index in [1.54, 1.807) is 6.07 Å². The van der Waals surface area contributed by atoms with Gasteiger partial charge in [-0.05, 0) is 30.9 Å². The number of H-pyrrole nitrogens is 1. The number of ether oxygens (including phenoxy) is 2. The fourth-order valence-electron chi connectivity index (χ4n) is 3.57. The molecule has 1 aliphatic heterocycles. The van der Waals surface area contributed by atoms with E-state index in [1.165, 1.54) is 18.5 Å². The number of nitrogens with zero attached hydrogens (tertiary/aromatic N) is 2.